The van der Waals surface area contributed by atoms with Crippen molar-refractivity contribution in [2.24, 2.45) is 5.41 Å². The van der Waals surface area contributed by atoms with Crippen molar-refractivity contribution in [2.75, 3.05) is 0 Å². The average Bonchev–Trinajstić information content (AvgIpc) is 2.90. The third kappa shape index (κ3) is 29.6. The first-order chi connectivity index (χ1) is 6.62. The predicted octanol–water partition coefficient (Wildman–Crippen LogP) is 6.06. The maximum atomic E-state index is 2.30. The number of hydrogen-bond donors (Lipinski definition) is 0. The van der Waals surface area contributed by atoms with Gasteiger partial charge in [-0.15, -0.1) is 0 Å². The third-order valence-electron chi connectivity index (χ3n) is 1.96. The first-order valence-electron chi connectivity index (χ1n) is 6.62. The molecule has 0 aliphatic heterocycles. The Balaban J connectivity index is -0.000000128. The maximum absolute atomic E-state index is 2.30. The zero-order chi connectivity index (χ0) is 12.0. The van der Waals surface area contributed by atoms with Gasteiger partial charge in [0, 0.05) is 0 Å². The van der Waals surface area contributed by atoms with Gasteiger partial charge in [-0.3, -0.25) is 0 Å². The normalized spacial score (nSPS) is 14.6. The third-order valence-corrected chi connectivity index (χ3v) is 1.96. The second-order valence-corrected chi connectivity index (χ2v) is 4.02. The Hall–Kier alpha value is 0. The molecule has 90 valence electrons. The predicted molar refractivity (Wildman–Crippen MR) is 70.9 cm³/mol. The van der Waals surface area contributed by atoms with Gasteiger partial charge < -0.3 is 0 Å². The molecule has 0 aromatic heterocycles. The molecule has 0 nitrogen and oxygen atoms in total. The fourth-order valence-corrected chi connectivity index (χ4v) is 0.604. The molecule has 1 aliphatic carbocycles. The van der Waals surface area contributed by atoms with Gasteiger partial charge in [0.25, 0.3) is 0 Å². The van der Waals surface area contributed by atoms with E-state index in [-0.39, 0.29) is 0 Å². The lowest BCUT2D eigenvalue weighted by molar-refractivity contribution is 0.653. The quantitative estimate of drug-likeness (QED) is 0.511. The highest BCUT2D eigenvalue weighted by molar-refractivity contribution is 4.82. The molecule has 0 saturated heterocycles. The van der Waals surface area contributed by atoms with Crippen LogP contribution in [0.4, 0.5) is 0 Å². The van der Waals surface area contributed by atoms with Gasteiger partial charge in [0.05, 0.1) is 0 Å². The highest BCUT2D eigenvalue weighted by Gasteiger charge is 2.30. The summed E-state index contributed by atoms with van der Waals surface area (Å²) in [6.07, 6.45) is 6.98. The van der Waals surface area contributed by atoms with E-state index >= 15 is 0 Å². The van der Waals surface area contributed by atoms with Gasteiger partial charge in [-0.1, -0.05) is 74.7 Å². The van der Waals surface area contributed by atoms with Crippen molar-refractivity contribution < 1.29 is 0 Å². The Kier molecular flexibility index (Phi) is 21.6. The molecule has 0 aromatic carbocycles. The Morgan fingerprint density at radius 3 is 1.00 bits per heavy atom. The summed E-state index contributed by atoms with van der Waals surface area (Å²) in [7, 11) is 0. The second kappa shape index (κ2) is 15.5. The molecular weight excluding hydrogens is 168 g/mol. The minimum atomic E-state index is 0.750. The molecule has 0 spiro atoms. The highest BCUT2D eigenvalue weighted by atomic mass is 14.4. The smallest absolute Gasteiger partial charge is 0.0354 e. The van der Waals surface area contributed by atoms with E-state index < -0.39 is 0 Å². The van der Waals surface area contributed by atoms with E-state index in [1.165, 1.54) is 32.1 Å². The summed E-state index contributed by atoms with van der Waals surface area (Å²) in [6, 6.07) is 0. The fourth-order valence-electron chi connectivity index (χ4n) is 0.604. The van der Waals surface area contributed by atoms with E-state index in [2.05, 4.69) is 27.7 Å². The minimum Gasteiger partial charge on any atom is -0.0683 e. The van der Waals surface area contributed by atoms with Gasteiger partial charge in [-0.05, 0) is 18.3 Å². The largest absolute Gasteiger partial charge is 0.0683 e. The van der Waals surface area contributed by atoms with E-state index in [1.54, 1.807) is 0 Å². The van der Waals surface area contributed by atoms with Gasteiger partial charge in [0.1, 0.15) is 0 Å². The van der Waals surface area contributed by atoms with Crippen molar-refractivity contribution in [1.29, 1.82) is 0 Å². The molecule has 1 aliphatic rings. The molecule has 0 N–H and O–H groups in total. The molecule has 0 bridgehead atoms. The highest BCUT2D eigenvalue weighted by Crippen LogP contribution is 2.43. The topological polar surface area (TPSA) is 0 Å². The molecule has 0 atom stereocenters. The Labute approximate surface area is 93.5 Å². The van der Waals surface area contributed by atoms with E-state index in [0.717, 1.165) is 5.41 Å². The van der Waals surface area contributed by atoms with Crippen LogP contribution in [0.3, 0.4) is 0 Å². The summed E-state index contributed by atoms with van der Waals surface area (Å²) in [5.41, 5.74) is 0.750. The van der Waals surface area contributed by atoms with Crippen LogP contribution in [0.5, 0.6) is 0 Å². The van der Waals surface area contributed by atoms with Crippen LogP contribution in [-0.2, 0) is 0 Å². The summed E-state index contributed by atoms with van der Waals surface area (Å²) in [4.78, 5) is 0. The summed E-state index contributed by atoms with van der Waals surface area (Å²) in [5, 5.41) is 0. The van der Waals surface area contributed by atoms with Crippen LogP contribution < -0.4 is 0 Å². The zero-order valence-electron chi connectivity index (χ0n) is 12.0. The molecule has 0 heterocycles. The Bertz CT molecular complexity index is 64.1. The van der Waals surface area contributed by atoms with Gasteiger partial charge in [-0.25, -0.2) is 0 Å². The van der Waals surface area contributed by atoms with E-state index in [1.807, 2.05) is 27.7 Å². The molecule has 0 radical (unpaired) electrons. The van der Waals surface area contributed by atoms with Crippen molar-refractivity contribution in [3.8, 4) is 0 Å². The van der Waals surface area contributed by atoms with Gasteiger partial charge in [0.15, 0.2) is 0 Å². The first-order valence-corrected chi connectivity index (χ1v) is 6.62. The van der Waals surface area contributed by atoms with Crippen molar-refractivity contribution in [3.63, 3.8) is 0 Å². The fraction of sp³-hybridized carbons (Fsp3) is 1.00. The first kappa shape index (κ1) is 19.6. The van der Waals surface area contributed by atoms with E-state index in [9.17, 15) is 0 Å². The van der Waals surface area contributed by atoms with Gasteiger partial charge in [-0.2, -0.15) is 0 Å². The SMILES string of the molecule is CC.CC.CC1(C)CC1.CCCCC. The van der Waals surface area contributed by atoms with Crippen LogP contribution in [0.25, 0.3) is 0 Å². The Morgan fingerprint density at radius 2 is 1.00 bits per heavy atom. The molecule has 1 rings (SSSR count). The van der Waals surface area contributed by atoms with Gasteiger partial charge >= 0.3 is 0 Å². The van der Waals surface area contributed by atoms with Crippen LogP contribution in [0.1, 0.15) is 87.5 Å². The van der Waals surface area contributed by atoms with Crippen molar-refractivity contribution in [1.82, 2.24) is 0 Å². The number of rotatable bonds is 2. The summed E-state index contributed by atoms with van der Waals surface area (Å²) < 4.78 is 0. The molecule has 0 unspecified atom stereocenters. The van der Waals surface area contributed by atoms with Crippen LogP contribution >= 0.6 is 0 Å². The number of unbranched alkanes of at least 4 members (excludes halogenated alkanes) is 2. The van der Waals surface area contributed by atoms with Gasteiger partial charge in [0.2, 0.25) is 0 Å². The molecular formula is C14H34. The van der Waals surface area contributed by atoms with Crippen molar-refractivity contribution in [3.05, 3.63) is 0 Å². The van der Waals surface area contributed by atoms with E-state index in [4.69, 9.17) is 0 Å². The van der Waals surface area contributed by atoms with E-state index in [0.29, 0.717) is 0 Å². The standard InChI is InChI=1S/C5H10.C5H12.2C2H6/c1-5(2)3-4-5;1-3-5-4-2;2*1-2/h3-4H2,1-2H3;3-5H2,1-2H3;2*1-2H3. The molecule has 0 heteroatoms. The molecule has 1 fully saturated rings. The lowest BCUT2D eigenvalue weighted by Crippen LogP contribution is -1.75. The van der Waals surface area contributed by atoms with Crippen LogP contribution in [0.2, 0.25) is 0 Å². The average molecular weight is 202 g/mol. The molecule has 0 aromatic rings. The minimum absolute atomic E-state index is 0.750. The summed E-state index contributed by atoms with van der Waals surface area (Å²) >= 11 is 0. The Morgan fingerprint density at radius 1 is 0.786 bits per heavy atom. The number of hydrogen-bond acceptors (Lipinski definition) is 0. The zero-order valence-corrected chi connectivity index (χ0v) is 12.0. The molecule has 0 amide bonds. The van der Waals surface area contributed by atoms with Crippen molar-refractivity contribution in [2.45, 2.75) is 87.5 Å². The molecule has 14 heavy (non-hydrogen) atoms. The van der Waals surface area contributed by atoms with Crippen LogP contribution in [-0.4, -0.2) is 0 Å². The second-order valence-electron chi connectivity index (χ2n) is 4.02. The molecule has 1 saturated carbocycles. The van der Waals surface area contributed by atoms with Crippen molar-refractivity contribution >= 4 is 0 Å². The lowest BCUT2D eigenvalue weighted by Gasteiger charge is -1.86. The van der Waals surface area contributed by atoms with Crippen LogP contribution in [0, 0.1) is 5.41 Å². The maximum Gasteiger partial charge on any atom is -0.0354 e. The monoisotopic (exact) mass is 202 g/mol. The lowest BCUT2D eigenvalue weighted by atomic mass is 10.2. The summed E-state index contributed by atoms with van der Waals surface area (Å²) in [6.45, 7) is 17.0. The summed E-state index contributed by atoms with van der Waals surface area (Å²) in [5.74, 6) is 0. The van der Waals surface area contributed by atoms with Crippen LogP contribution in [0.15, 0.2) is 0 Å².